The second-order valence-corrected chi connectivity index (χ2v) is 5.22. The molecule has 2 heterocycles. The van der Waals surface area contributed by atoms with Gasteiger partial charge in [0, 0.05) is 13.1 Å². The lowest BCUT2D eigenvalue weighted by Crippen LogP contribution is -2.30. The molecule has 0 bridgehead atoms. The van der Waals surface area contributed by atoms with Crippen LogP contribution in [0, 0.1) is 11.3 Å². The highest BCUT2D eigenvalue weighted by atomic mass is 16.5. The molecule has 0 saturated carbocycles. The zero-order chi connectivity index (χ0) is 15.4. The van der Waals surface area contributed by atoms with E-state index >= 15 is 0 Å². The molecule has 22 heavy (non-hydrogen) atoms. The summed E-state index contributed by atoms with van der Waals surface area (Å²) in [5.74, 6) is 1.39. The number of para-hydroxylation sites is 2. The first-order valence-electron chi connectivity index (χ1n) is 7.68. The Bertz CT molecular complexity index is 682. The van der Waals surface area contributed by atoms with Gasteiger partial charge in [-0.25, -0.2) is 0 Å². The van der Waals surface area contributed by atoms with Crippen molar-refractivity contribution in [1.82, 2.24) is 15.0 Å². The summed E-state index contributed by atoms with van der Waals surface area (Å²) in [5.41, 5.74) is 1.12. The number of aromatic nitrogens is 3. The van der Waals surface area contributed by atoms with Crippen molar-refractivity contribution in [1.29, 1.82) is 5.26 Å². The molecule has 1 fully saturated rings. The fourth-order valence-corrected chi connectivity index (χ4v) is 2.70. The molecule has 1 aromatic carbocycles. The maximum Gasteiger partial charge on any atom is 0.207 e. The summed E-state index contributed by atoms with van der Waals surface area (Å²) in [7, 11) is 0. The van der Waals surface area contributed by atoms with Crippen molar-refractivity contribution in [3.63, 3.8) is 0 Å². The minimum Gasteiger partial charge on any atom is -0.492 e. The van der Waals surface area contributed by atoms with Crippen LogP contribution in [0.15, 0.2) is 24.3 Å². The fraction of sp³-hybridized carbons (Fsp3) is 0.438. The molecule has 3 rings (SSSR count). The average molecular weight is 297 g/mol. The van der Waals surface area contributed by atoms with Crippen LogP contribution in [0.2, 0.25) is 0 Å². The normalized spacial score (nSPS) is 14.6. The Labute approximate surface area is 129 Å². The monoisotopic (exact) mass is 297 g/mol. The van der Waals surface area contributed by atoms with Crippen LogP contribution >= 0.6 is 0 Å². The highest BCUT2D eigenvalue weighted by Crippen LogP contribution is 2.25. The number of nitrogens with zero attached hydrogens (tertiary/aromatic N) is 5. The van der Waals surface area contributed by atoms with Crippen molar-refractivity contribution in [2.45, 2.75) is 26.2 Å². The molecule has 1 aliphatic rings. The number of benzene rings is 1. The van der Waals surface area contributed by atoms with E-state index in [1.165, 1.54) is 11.2 Å². The summed E-state index contributed by atoms with van der Waals surface area (Å²) in [5, 5.41) is 18.2. The number of anilines is 1. The zero-order valence-corrected chi connectivity index (χ0v) is 12.7. The van der Waals surface area contributed by atoms with Crippen molar-refractivity contribution in [3.05, 3.63) is 30.0 Å². The SMILES string of the molecule is CCOc1ccccc1-n1nc(C#N)c(N2CCCCC2)n1. The Hall–Kier alpha value is -2.55. The molecule has 1 saturated heterocycles. The van der Waals surface area contributed by atoms with Crippen LogP contribution in [0.25, 0.3) is 5.69 Å². The van der Waals surface area contributed by atoms with E-state index in [1.807, 2.05) is 31.2 Å². The van der Waals surface area contributed by atoms with Crippen LogP contribution in [0.3, 0.4) is 0 Å². The highest BCUT2D eigenvalue weighted by molar-refractivity contribution is 5.52. The standard InChI is InChI=1S/C16H19N5O/c1-2-22-15-9-5-4-8-14(15)21-18-13(12-17)16(19-21)20-10-6-3-7-11-20/h4-5,8-9H,2-3,6-7,10-11H2,1H3. The Morgan fingerprint density at radius 1 is 1.18 bits per heavy atom. The summed E-state index contributed by atoms with van der Waals surface area (Å²) in [6.45, 7) is 4.37. The smallest absolute Gasteiger partial charge is 0.207 e. The molecule has 6 heteroatoms. The first kappa shape index (κ1) is 14.4. The Morgan fingerprint density at radius 2 is 1.95 bits per heavy atom. The average Bonchev–Trinajstić information content (AvgIpc) is 3.01. The summed E-state index contributed by atoms with van der Waals surface area (Å²) >= 11 is 0. The van der Waals surface area contributed by atoms with Gasteiger partial charge in [-0.1, -0.05) is 12.1 Å². The molecule has 0 radical (unpaired) electrons. The quantitative estimate of drug-likeness (QED) is 0.867. The second kappa shape index (κ2) is 6.48. The lowest BCUT2D eigenvalue weighted by Gasteiger charge is -2.26. The summed E-state index contributed by atoms with van der Waals surface area (Å²) in [6.07, 6.45) is 3.50. The van der Waals surface area contributed by atoms with E-state index in [1.54, 1.807) is 0 Å². The summed E-state index contributed by atoms with van der Waals surface area (Å²) in [4.78, 5) is 3.66. The third kappa shape index (κ3) is 2.75. The van der Waals surface area contributed by atoms with Gasteiger partial charge >= 0.3 is 0 Å². The maximum absolute atomic E-state index is 9.36. The van der Waals surface area contributed by atoms with E-state index in [0.717, 1.165) is 37.4 Å². The van der Waals surface area contributed by atoms with Crippen LogP contribution in [0.1, 0.15) is 31.9 Å². The molecule has 114 valence electrons. The lowest BCUT2D eigenvalue weighted by atomic mass is 10.1. The van der Waals surface area contributed by atoms with E-state index < -0.39 is 0 Å². The van der Waals surface area contributed by atoms with Gasteiger partial charge in [0.05, 0.1) is 6.61 Å². The number of hydrogen-bond donors (Lipinski definition) is 0. The maximum atomic E-state index is 9.36. The van der Waals surface area contributed by atoms with Crippen molar-refractivity contribution >= 4 is 5.82 Å². The van der Waals surface area contributed by atoms with Crippen molar-refractivity contribution in [2.75, 3.05) is 24.6 Å². The molecule has 0 spiro atoms. The topological polar surface area (TPSA) is 67.0 Å². The number of rotatable bonds is 4. The number of ether oxygens (including phenoxy) is 1. The van der Waals surface area contributed by atoms with Gasteiger partial charge in [0.2, 0.25) is 5.69 Å². The number of nitriles is 1. The minimum absolute atomic E-state index is 0.369. The first-order valence-corrected chi connectivity index (χ1v) is 7.68. The van der Waals surface area contributed by atoms with Crippen LogP contribution < -0.4 is 9.64 Å². The van der Waals surface area contributed by atoms with E-state index in [0.29, 0.717) is 18.1 Å². The van der Waals surface area contributed by atoms with Gasteiger partial charge in [-0.05, 0) is 38.3 Å². The van der Waals surface area contributed by atoms with Crippen LogP contribution in [0.5, 0.6) is 5.75 Å². The molecule has 0 aliphatic carbocycles. The van der Waals surface area contributed by atoms with Gasteiger partial charge in [-0.3, -0.25) is 0 Å². The number of piperidine rings is 1. The molecule has 0 atom stereocenters. The van der Waals surface area contributed by atoms with Crippen LogP contribution in [-0.4, -0.2) is 34.7 Å². The van der Waals surface area contributed by atoms with Gasteiger partial charge in [0.1, 0.15) is 17.5 Å². The molecule has 0 N–H and O–H groups in total. The molecule has 0 amide bonds. The van der Waals surface area contributed by atoms with E-state index in [4.69, 9.17) is 4.74 Å². The Kier molecular flexibility index (Phi) is 4.24. The zero-order valence-electron chi connectivity index (χ0n) is 12.7. The molecule has 1 aliphatic heterocycles. The third-order valence-corrected chi connectivity index (χ3v) is 3.74. The molecule has 2 aromatic rings. The van der Waals surface area contributed by atoms with Crippen LogP contribution in [0.4, 0.5) is 5.82 Å². The largest absolute Gasteiger partial charge is 0.492 e. The van der Waals surface area contributed by atoms with Gasteiger partial charge in [0.25, 0.3) is 0 Å². The molecule has 0 unspecified atom stereocenters. The molecule has 1 aromatic heterocycles. The second-order valence-electron chi connectivity index (χ2n) is 5.22. The van der Waals surface area contributed by atoms with E-state index in [9.17, 15) is 5.26 Å². The van der Waals surface area contributed by atoms with Crippen molar-refractivity contribution in [2.24, 2.45) is 0 Å². The minimum atomic E-state index is 0.369. The first-order chi connectivity index (χ1) is 10.8. The van der Waals surface area contributed by atoms with Gasteiger partial charge in [-0.15, -0.1) is 15.0 Å². The van der Waals surface area contributed by atoms with Gasteiger partial charge in [0.15, 0.2) is 5.82 Å². The van der Waals surface area contributed by atoms with Gasteiger partial charge < -0.3 is 9.64 Å². The van der Waals surface area contributed by atoms with Crippen molar-refractivity contribution in [3.8, 4) is 17.5 Å². The molecular formula is C16H19N5O. The lowest BCUT2D eigenvalue weighted by molar-refractivity contribution is 0.337. The molecule has 6 nitrogen and oxygen atoms in total. The fourth-order valence-electron chi connectivity index (χ4n) is 2.70. The van der Waals surface area contributed by atoms with Gasteiger partial charge in [-0.2, -0.15) is 5.26 Å². The third-order valence-electron chi connectivity index (χ3n) is 3.74. The Balaban J connectivity index is 1.99. The predicted molar refractivity (Wildman–Crippen MR) is 83.3 cm³/mol. The predicted octanol–water partition coefficient (Wildman–Crippen LogP) is 2.53. The van der Waals surface area contributed by atoms with E-state index in [-0.39, 0.29) is 0 Å². The summed E-state index contributed by atoms with van der Waals surface area (Å²) < 4.78 is 5.62. The molecular weight excluding hydrogens is 278 g/mol. The van der Waals surface area contributed by atoms with Crippen molar-refractivity contribution < 1.29 is 4.74 Å². The van der Waals surface area contributed by atoms with Crippen LogP contribution in [-0.2, 0) is 0 Å². The summed E-state index contributed by atoms with van der Waals surface area (Å²) in [6, 6.07) is 9.76. The highest BCUT2D eigenvalue weighted by Gasteiger charge is 2.21. The van der Waals surface area contributed by atoms with E-state index in [2.05, 4.69) is 21.2 Å². The number of hydrogen-bond acceptors (Lipinski definition) is 5. The Morgan fingerprint density at radius 3 is 2.68 bits per heavy atom.